The Morgan fingerprint density at radius 1 is 1.46 bits per heavy atom. The highest BCUT2D eigenvalue weighted by Crippen LogP contribution is 1.97. The van der Waals surface area contributed by atoms with Crippen LogP contribution in [-0.2, 0) is 6.42 Å². The lowest BCUT2D eigenvalue weighted by Gasteiger charge is -2.16. The van der Waals surface area contributed by atoms with Crippen molar-refractivity contribution in [2.75, 3.05) is 20.6 Å². The van der Waals surface area contributed by atoms with Gasteiger partial charge in [-0.3, -0.25) is 4.98 Å². The van der Waals surface area contributed by atoms with Crippen LogP contribution in [0, 0.1) is 0 Å². The number of likely N-dealkylation sites (N-methyl/N-ethyl adjacent to an activating group) is 1. The van der Waals surface area contributed by atoms with Crippen molar-refractivity contribution >= 4 is 0 Å². The van der Waals surface area contributed by atoms with E-state index >= 15 is 0 Å². The summed E-state index contributed by atoms with van der Waals surface area (Å²) in [5, 5.41) is 0. The lowest BCUT2D eigenvalue weighted by molar-refractivity contribution is 0.370. The monoisotopic (exact) mass is 179 g/mol. The Hall–Kier alpha value is -0.930. The van der Waals surface area contributed by atoms with Crippen molar-refractivity contribution in [1.29, 1.82) is 0 Å². The van der Waals surface area contributed by atoms with Crippen molar-refractivity contribution < 1.29 is 0 Å². The van der Waals surface area contributed by atoms with Gasteiger partial charge in [0.15, 0.2) is 0 Å². The quantitative estimate of drug-likeness (QED) is 0.732. The summed E-state index contributed by atoms with van der Waals surface area (Å²) in [5.74, 6) is 0. The normalized spacial score (nSPS) is 13.2. The van der Waals surface area contributed by atoms with E-state index in [1.165, 1.54) is 0 Å². The Labute approximate surface area is 79.6 Å². The average Bonchev–Trinajstić information content (AvgIpc) is 2.04. The van der Waals surface area contributed by atoms with Gasteiger partial charge in [-0.15, -0.1) is 0 Å². The third-order valence-corrected chi connectivity index (χ3v) is 1.80. The van der Waals surface area contributed by atoms with E-state index in [2.05, 4.69) is 9.88 Å². The Kier molecular flexibility index (Phi) is 3.86. The number of aromatic nitrogens is 1. The van der Waals surface area contributed by atoms with Crippen molar-refractivity contribution in [3.05, 3.63) is 30.1 Å². The molecule has 0 aliphatic rings. The summed E-state index contributed by atoms with van der Waals surface area (Å²) in [5.41, 5.74) is 6.99. The molecule has 1 heterocycles. The van der Waals surface area contributed by atoms with Crippen LogP contribution in [0.15, 0.2) is 24.4 Å². The minimum Gasteiger partial charge on any atom is -0.326 e. The third-order valence-electron chi connectivity index (χ3n) is 1.80. The van der Waals surface area contributed by atoms with Crippen molar-refractivity contribution in [3.8, 4) is 0 Å². The van der Waals surface area contributed by atoms with Crippen molar-refractivity contribution in [2.45, 2.75) is 12.5 Å². The molecule has 72 valence electrons. The zero-order valence-electron chi connectivity index (χ0n) is 8.27. The summed E-state index contributed by atoms with van der Waals surface area (Å²) in [4.78, 5) is 6.32. The first-order chi connectivity index (χ1) is 6.18. The molecule has 13 heavy (non-hydrogen) atoms. The standard InChI is InChI=1S/C10H17N3/c1-13(2)8-9(11)7-10-5-3-4-6-12-10/h3-6,9H,7-8,11H2,1-2H3/t9-/m0/s1. The molecule has 0 saturated heterocycles. The molecule has 0 amide bonds. The van der Waals surface area contributed by atoms with Gasteiger partial charge in [0, 0.05) is 30.9 Å². The van der Waals surface area contributed by atoms with E-state index < -0.39 is 0 Å². The fourth-order valence-corrected chi connectivity index (χ4v) is 1.32. The van der Waals surface area contributed by atoms with Gasteiger partial charge in [-0.25, -0.2) is 0 Å². The highest BCUT2D eigenvalue weighted by molar-refractivity contribution is 5.05. The Balaban J connectivity index is 2.41. The molecular formula is C10H17N3. The zero-order valence-corrected chi connectivity index (χ0v) is 8.27. The molecule has 1 rings (SSSR count). The Morgan fingerprint density at radius 3 is 2.77 bits per heavy atom. The minimum absolute atomic E-state index is 0.171. The van der Waals surface area contributed by atoms with E-state index in [9.17, 15) is 0 Å². The maximum Gasteiger partial charge on any atom is 0.0419 e. The average molecular weight is 179 g/mol. The molecule has 1 aromatic rings. The first-order valence-electron chi connectivity index (χ1n) is 4.48. The Morgan fingerprint density at radius 2 is 2.23 bits per heavy atom. The molecule has 0 aliphatic heterocycles. The highest BCUT2D eigenvalue weighted by Gasteiger charge is 2.05. The van der Waals surface area contributed by atoms with E-state index in [-0.39, 0.29) is 6.04 Å². The predicted molar refractivity (Wildman–Crippen MR) is 54.5 cm³/mol. The molecule has 1 aromatic heterocycles. The van der Waals surface area contributed by atoms with Gasteiger partial charge >= 0.3 is 0 Å². The molecular weight excluding hydrogens is 162 g/mol. The molecule has 3 heteroatoms. The van der Waals surface area contributed by atoms with Crippen molar-refractivity contribution in [3.63, 3.8) is 0 Å². The summed E-state index contributed by atoms with van der Waals surface area (Å²) in [6.07, 6.45) is 2.65. The van der Waals surface area contributed by atoms with Crippen LogP contribution in [0.25, 0.3) is 0 Å². The van der Waals surface area contributed by atoms with Crippen LogP contribution in [0.5, 0.6) is 0 Å². The van der Waals surface area contributed by atoms with Gasteiger partial charge < -0.3 is 10.6 Å². The van der Waals surface area contributed by atoms with Crippen LogP contribution in [0.4, 0.5) is 0 Å². The summed E-state index contributed by atoms with van der Waals surface area (Å²) in [6, 6.07) is 6.09. The van der Waals surface area contributed by atoms with Gasteiger partial charge in [-0.1, -0.05) is 6.07 Å². The van der Waals surface area contributed by atoms with Gasteiger partial charge in [0.1, 0.15) is 0 Å². The molecule has 0 saturated carbocycles. The fraction of sp³-hybridized carbons (Fsp3) is 0.500. The Bertz CT molecular complexity index is 233. The van der Waals surface area contributed by atoms with Crippen LogP contribution in [0.2, 0.25) is 0 Å². The van der Waals surface area contributed by atoms with E-state index in [4.69, 9.17) is 5.73 Å². The summed E-state index contributed by atoms with van der Waals surface area (Å²) in [7, 11) is 4.05. The number of hydrogen-bond donors (Lipinski definition) is 1. The smallest absolute Gasteiger partial charge is 0.0419 e. The second-order valence-electron chi connectivity index (χ2n) is 3.55. The van der Waals surface area contributed by atoms with Crippen LogP contribution < -0.4 is 5.73 Å². The van der Waals surface area contributed by atoms with Crippen LogP contribution in [-0.4, -0.2) is 36.6 Å². The molecule has 0 fully saturated rings. The predicted octanol–water partition coefficient (Wildman–Crippen LogP) is 0.513. The second kappa shape index (κ2) is 4.94. The number of rotatable bonds is 4. The van der Waals surface area contributed by atoms with Crippen molar-refractivity contribution in [2.24, 2.45) is 5.73 Å². The van der Waals surface area contributed by atoms with E-state index in [0.717, 1.165) is 18.7 Å². The van der Waals surface area contributed by atoms with Crippen LogP contribution in [0.1, 0.15) is 5.69 Å². The lowest BCUT2D eigenvalue weighted by Crippen LogP contribution is -2.35. The van der Waals surface area contributed by atoms with E-state index in [1.54, 1.807) is 6.20 Å². The van der Waals surface area contributed by atoms with E-state index in [0.29, 0.717) is 0 Å². The fourth-order valence-electron chi connectivity index (χ4n) is 1.32. The summed E-state index contributed by atoms with van der Waals surface area (Å²) < 4.78 is 0. The van der Waals surface area contributed by atoms with Gasteiger partial charge in [-0.2, -0.15) is 0 Å². The molecule has 1 atom stereocenters. The van der Waals surface area contributed by atoms with Crippen LogP contribution >= 0.6 is 0 Å². The number of pyridine rings is 1. The maximum atomic E-state index is 5.92. The number of hydrogen-bond acceptors (Lipinski definition) is 3. The van der Waals surface area contributed by atoms with Gasteiger partial charge in [0.2, 0.25) is 0 Å². The molecule has 3 nitrogen and oxygen atoms in total. The number of nitrogens with two attached hydrogens (primary N) is 1. The SMILES string of the molecule is CN(C)C[C@@H](N)Cc1ccccn1. The van der Waals surface area contributed by atoms with Crippen molar-refractivity contribution in [1.82, 2.24) is 9.88 Å². The second-order valence-corrected chi connectivity index (χ2v) is 3.55. The van der Waals surface area contributed by atoms with Crippen LogP contribution in [0.3, 0.4) is 0 Å². The van der Waals surface area contributed by atoms with Gasteiger partial charge in [0.25, 0.3) is 0 Å². The van der Waals surface area contributed by atoms with Gasteiger partial charge in [-0.05, 0) is 26.2 Å². The summed E-state index contributed by atoms with van der Waals surface area (Å²) in [6.45, 7) is 0.899. The molecule has 0 radical (unpaired) electrons. The first kappa shape index (κ1) is 10.2. The highest BCUT2D eigenvalue weighted by atomic mass is 15.1. The molecule has 0 aliphatic carbocycles. The molecule has 0 aromatic carbocycles. The van der Waals surface area contributed by atoms with Gasteiger partial charge in [0.05, 0.1) is 0 Å². The number of nitrogens with zero attached hydrogens (tertiary/aromatic N) is 2. The maximum absolute atomic E-state index is 5.92. The summed E-state index contributed by atoms with van der Waals surface area (Å²) >= 11 is 0. The lowest BCUT2D eigenvalue weighted by atomic mass is 10.1. The molecule has 0 spiro atoms. The molecule has 0 unspecified atom stereocenters. The largest absolute Gasteiger partial charge is 0.326 e. The van der Waals surface area contributed by atoms with E-state index in [1.807, 2.05) is 32.3 Å². The topological polar surface area (TPSA) is 42.1 Å². The molecule has 0 bridgehead atoms. The minimum atomic E-state index is 0.171. The first-order valence-corrected chi connectivity index (χ1v) is 4.48. The molecule has 2 N–H and O–H groups in total. The third kappa shape index (κ3) is 4.01. The zero-order chi connectivity index (χ0) is 9.68.